The van der Waals surface area contributed by atoms with Crippen LogP contribution in [-0.2, 0) is 4.79 Å². The highest BCUT2D eigenvalue weighted by Gasteiger charge is 2.20. The molecule has 4 N–H and O–H groups in total. The van der Waals surface area contributed by atoms with Crippen molar-refractivity contribution in [2.75, 3.05) is 17.3 Å². The van der Waals surface area contributed by atoms with Gasteiger partial charge >= 0.3 is 6.03 Å². The highest BCUT2D eigenvalue weighted by molar-refractivity contribution is 7.98. The molecule has 1 aromatic carbocycles. The number of urea groups is 1. The van der Waals surface area contributed by atoms with Crippen molar-refractivity contribution >= 4 is 41.0 Å². The Hall–Kier alpha value is -1.40. The van der Waals surface area contributed by atoms with Crippen LogP contribution in [0.3, 0.4) is 0 Å². The summed E-state index contributed by atoms with van der Waals surface area (Å²) < 4.78 is 0. The van der Waals surface area contributed by atoms with E-state index in [0.29, 0.717) is 17.1 Å². The zero-order chi connectivity index (χ0) is 15.1. The Morgan fingerprint density at radius 1 is 1.45 bits per heavy atom. The molecule has 1 rings (SSSR count). The number of thioether (sulfide) groups is 1. The van der Waals surface area contributed by atoms with E-state index in [1.807, 2.05) is 19.2 Å². The topological polar surface area (TPSA) is 84.2 Å². The quantitative estimate of drug-likeness (QED) is 0.753. The molecule has 0 unspecified atom stereocenters. The van der Waals surface area contributed by atoms with Gasteiger partial charge in [0.1, 0.15) is 6.04 Å². The Bertz CT molecular complexity index is 497. The standard InChI is InChI=1S/C13H18ClN3O2S/c1-8-3-4-9(14)7-11(8)16-12(18)10(5-6-20-2)17-13(15)19/h3-4,7,10H,5-6H2,1-2H3,(H,16,18)(H3,15,17,19)/t10-/m1/s1. The molecule has 1 atom stereocenters. The van der Waals surface area contributed by atoms with Crippen LogP contribution in [0.1, 0.15) is 12.0 Å². The zero-order valence-electron chi connectivity index (χ0n) is 11.4. The number of benzene rings is 1. The second-order valence-electron chi connectivity index (χ2n) is 4.29. The van der Waals surface area contributed by atoms with Crippen LogP contribution >= 0.6 is 23.4 Å². The molecule has 7 heteroatoms. The van der Waals surface area contributed by atoms with Crippen molar-refractivity contribution in [3.05, 3.63) is 28.8 Å². The van der Waals surface area contributed by atoms with Crippen LogP contribution in [0.4, 0.5) is 10.5 Å². The Balaban J connectivity index is 2.78. The number of hydrogen-bond acceptors (Lipinski definition) is 3. The summed E-state index contributed by atoms with van der Waals surface area (Å²) in [6.07, 6.45) is 2.44. The van der Waals surface area contributed by atoms with E-state index < -0.39 is 12.1 Å². The highest BCUT2D eigenvalue weighted by atomic mass is 35.5. The molecule has 0 saturated carbocycles. The first-order valence-corrected chi connectivity index (χ1v) is 7.83. The number of amides is 3. The number of hydrogen-bond donors (Lipinski definition) is 3. The summed E-state index contributed by atoms with van der Waals surface area (Å²) in [4.78, 5) is 23.1. The molecule has 0 heterocycles. The first kappa shape index (κ1) is 16.7. The first-order chi connectivity index (χ1) is 9.43. The molecule has 0 aliphatic heterocycles. The smallest absolute Gasteiger partial charge is 0.312 e. The van der Waals surface area contributed by atoms with Crippen LogP contribution in [0.2, 0.25) is 5.02 Å². The Morgan fingerprint density at radius 2 is 2.15 bits per heavy atom. The monoisotopic (exact) mass is 315 g/mol. The number of aryl methyl sites for hydroxylation is 1. The lowest BCUT2D eigenvalue weighted by atomic mass is 10.1. The summed E-state index contributed by atoms with van der Waals surface area (Å²) >= 11 is 7.50. The molecule has 0 bridgehead atoms. The molecule has 0 spiro atoms. The van der Waals surface area contributed by atoms with Gasteiger partial charge in [0.05, 0.1) is 0 Å². The first-order valence-electron chi connectivity index (χ1n) is 6.06. The fourth-order valence-electron chi connectivity index (χ4n) is 1.62. The number of nitrogens with one attached hydrogen (secondary N) is 2. The van der Waals surface area contributed by atoms with Crippen LogP contribution in [0.15, 0.2) is 18.2 Å². The predicted octanol–water partition coefficient (Wildman–Crippen LogP) is 2.38. The van der Waals surface area contributed by atoms with Gasteiger partial charge in [-0.3, -0.25) is 4.79 Å². The third-order valence-corrected chi connectivity index (χ3v) is 3.58. The van der Waals surface area contributed by atoms with Gasteiger partial charge in [-0.2, -0.15) is 11.8 Å². The van der Waals surface area contributed by atoms with Crippen molar-refractivity contribution in [1.29, 1.82) is 0 Å². The summed E-state index contributed by atoms with van der Waals surface area (Å²) in [6, 6.07) is 3.87. The van der Waals surface area contributed by atoms with Crippen molar-refractivity contribution in [3.63, 3.8) is 0 Å². The van der Waals surface area contributed by atoms with Gasteiger partial charge in [0, 0.05) is 10.7 Å². The number of carbonyl (C=O) groups excluding carboxylic acids is 2. The van der Waals surface area contributed by atoms with E-state index in [2.05, 4.69) is 10.6 Å². The average molecular weight is 316 g/mol. The highest BCUT2D eigenvalue weighted by Crippen LogP contribution is 2.20. The van der Waals surface area contributed by atoms with E-state index in [0.717, 1.165) is 11.3 Å². The van der Waals surface area contributed by atoms with Gasteiger partial charge in [-0.05, 0) is 43.0 Å². The summed E-state index contributed by atoms with van der Waals surface area (Å²) in [5.74, 6) is 0.440. The number of nitrogens with two attached hydrogens (primary N) is 1. The molecule has 0 aromatic heterocycles. The van der Waals surface area contributed by atoms with Gasteiger partial charge in [-0.15, -0.1) is 0 Å². The Labute approximate surface area is 127 Å². The Kier molecular flexibility index (Phi) is 6.67. The SMILES string of the molecule is CSCC[C@@H](NC(N)=O)C(=O)Nc1cc(Cl)ccc1C. The van der Waals surface area contributed by atoms with Gasteiger partial charge < -0.3 is 16.4 Å². The van der Waals surface area contributed by atoms with Crippen LogP contribution in [-0.4, -0.2) is 30.0 Å². The van der Waals surface area contributed by atoms with E-state index in [-0.39, 0.29) is 5.91 Å². The van der Waals surface area contributed by atoms with Crippen molar-refractivity contribution in [2.45, 2.75) is 19.4 Å². The van der Waals surface area contributed by atoms with Gasteiger partial charge in [0.25, 0.3) is 0 Å². The third-order valence-electron chi connectivity index (χ3n) is 2.70. The maximum atomic E-state index is 12.2. The molecular weight excluding hydrogens is 298 g/mol. The Morgan fingerprint density at radius 3 is 2.75 bits per heavy atom. The lowest BCUT2D eigenvalue weighted by molar-refractivity contribution is -0.117. The zero-order valence-corrected chi connectivity index (χ0v) is 13.0. The largest absolute Gasteiger partial charge is 0.352 e. The number of halogens is 1. The molecule has 20 heavy (non-hydrogen) atoms. The number of rotatable bonds is 6. The van der Waals surface area contributed by atoms with Crippen molar-refractivity contribution in [1.82, 2.24) is 5.32 Å². The van der Waals surface area contributed by atoms with Crippen molar-refractivity contribution < 1.29 is 9.59 Å². The molecule has 110 valence electrons. The summed E-state index contributed by atoms with van der Waals surface area (Å²) in [5, 5.41) is 5.75. The lowest BCUT2D eigenvalue weighted by Crippen LogP contribution is -2.46. The van der Waals surface area contributed by atoms with E-state index >= 15 is 0 Å². The normalized spacial score (nSPS) is 11.8. The second kappa shape index (κ2) is 8.01. The maximum Gasteiger partial charge on any atom is 0.312 e. The van der Waals surface area contributed by atoms with E-state index in [4.69, 9.17) is 17.3 Å². The van der Waals surface area contributed by atoms with Crippen LogP contribution in [0, 0.1) is 6.92 Å². The minimum absolute atomic E-state index is 0.303. The fourth-order valence-corrected chi connectivity index (χ4v) is 2.27. The molecule has 0 aliphatic carbocycles. The predicted molar refractivity (Wildman–Crippen MR) is 84.3 cm³/mol. The maximum absolute atomic E-state index is 12.2. The summed E-state index contributed by atoms with van der Waals surface area (Å²) in [7, 11) is 0. The molecule has 1 aromatic rings. The number of primary amides is 1. The van der Waals surface area contributed by atoms with Gasteiger partial charge in [-0.1, -0.05) is 17.7 Å². The van der Waals surface area contributed by atoms with Crippen LogP contribution in [0.5, 0.6) is 0 Å². The van der Waals surface area contributed by atoms with E-state index in [1.165, 1.54) is 0 Å². The molecule has 0 aliphatic rings. The van der Waals surface area contributed by atoms with Gasteiger partial charge in [-0.25, -0.2) is 4.79 Å². The van der Waals surface area contributed by atoms with Gasteiger partial charge in [0.2, 0.25) is 5.91 Å². The van der Waals surface area contributed by atoms with E-state index in [9.17, 15) is 9.59 Å². The number of carbonyl (C=O) groups is 2. The molecule has 3 amide bonds. The van der Waals surface area contributed by atoms with Crippen LogP contribution < -0.4 is 16.4 Å². The molecule has 5 nitrogen and oxygen atoms in total. The lowest BCUT2D eigenvalue weighted by Gasteiger charge is -2.17. The summed E-state index contributed by atoms with van der Waals surface area (Å²) in [6.45, 7) is 1.87. The summed E-state index contributed by atoms with van der Waals surface area (Å²) in [5.41, 5.74) is 6.61. The van der Waals surface area contributed by atoms with Gasteiger partial charge in [0.15, 0.2) is 0 Å². The molecular formula is C13H18ClN3O2S. The third kappa shape index (κ3) is 5.30. The number of anilines is 1. The molecule has 0 saturated heterocycles. The van der Waals surface area contributed by atoms with E-state index in [1.54, 1.807) is 23.9 Å². The minimum atomic E-state index is -0.714. The average Bonchev–Trinajstić information content (AvgIpc) is 2.38. The van der Waals surface area contributed by atoms with Crippen molar-refractivity contribution in [2.24, 2.45) is 5.73 Å². The molecule has 0 radical (unpaired) electrons. The fraction of sp³-hybridized carbons (Fsp3) is 0.385. The minimum Gasteiger partial charge on any atom is -0.352 e. The van der Waals surface area contributed by atoms with Crippen LogP contribution in [0.25, 0.3) is 0 Å². The second-order valence-corrected chi connectivity index (χ2v) is 5.71. The molecule has 0 fully saturated rings. The van der Waals surface area contributed by atoms with Crippen molar-refractivity contribution in [3.8, 4) is 0 Å².